The summed E-state index contributed by atoms with van der Waals surface area (Å²) in [6.07, 6.45) is -0.725. The van der Waals surface area contributed by atoms with Gasteiger partial charge in [-0.2, -0.15) is 14.0 Å². The Labute approximate surface area is 238 Å². The van der Waals surface area contributed by atoms with E-state index in [1.807, 2.05) is 36.4 Å². The molecule has 1 heterocycles. The van der Waals surface area contributed by atoms with E-state index in [0.29, 0.717) is 50.1 Å². The van der Waals surface area contributed by atoms with E-state index in [9.17, 15) is 23.6 Å². The predicted molar refractivity (Wildman–Crippen MR) is 151 cm³/mol. The van der Waals surface area contributed by atoms with E-state index in [0.717, 1.165) is 11.8 Å². The average Bonchev–Trinajstić information content (AvgIpc) is 2.96. The molecule has 0 bridgehead atoms. The molecular formula is C28H24F2N4O4S2. The van der Waals surface area contributed by atoms with Gasteiger partial charge in [-0.3, -0.25) is 9.59 Å². The zero-order chi connectivity index (χ0) is 28.6. The highest BCUT2D eigenvalue weighted by molar-refractivity contribution is 8.03. The summed E-state index contributed by atoms with van der Waals surface area (Å²) in [5.41, 5.74) is 1.65. The van der Waals surface area contributed by atoms with E-state index in [1.165, 1.54) is 38.5 Å². The number of rotatable bonds is 10. The number of nitrogens with zero attached hydrogens (tertiary/aromatic N) is 2. The summed E-state index contributed by atoms with van der Waals surface area (Å²) in [4.78, 5) is 28.1. The number of methoxy groups -OCH3 is 2. The molecule has 1 aliphatic heterocycles. The number of nitrogens with one attached hydrogen (secondary N) is 2. The quantitative estimate of drug-likeness (QED) is 0.291. The first-order chi connectivity index (χ1) is 19.3. The molecule has 0 aromatic heterocycles. The van der Waals surface area contributed by atoms with Gasteiger partial charge in [-0.05, 0) is 54.1 Å². The van der Waals surface area contributed by atoms with Crippen LogP contribution < -0.4 is 25.0 Å². The number of alkyl halides is 2. The van der Waals surface area contributed by atoms with Crippen molar-refractivity contribution in [2.24, 2.45) is 0 Å². The van der Waals surface area contributed by atoms with Crippen molar-refractivity contribution in [2.75, 3.05) is 30.2 Å². The molecule has 0 fully saturated rings. The average molecular weight is 583 g/mol. The summed E-state index contributed by atoms with van der Waals surface area (Å²) < 4.78 is 35.9. The standard InChI is InChI=1S/C28H24F2N4O4S2/c1-37-22-13-8-17(14-23(22)38-2)25-33-26(36)21(15-31)27(34(25)19-6-4-3-5-7-19)39-16-24(35)32-18-9-11-20(12-10-18)40-28(29)30/h3-14,25,28H,16H2,1-2H3,(H,32,35)(H,33,36)/t25-/m0/s1. The maximum Gasteiger partial charge on any atom is 0.288 e. The molecule has 0 unspecified atom stereocenters. The Kier molecular flexibility index (Phi) is 9.52. The number of carbonyl (C=O) groups is 2. The molecule has 0 aliphatic carbocycles. The van der Waals surface area contributed by atoms with Gasteiger partial charge in [0.2, 0.25) is 5.91 Å². The number of anilines is 2. The summed E-state index contributed by atoms with van der Waals surface area (Å²) in [7, 11) is 3.03. The van der Waals surface area contributed by atoms with E-state index in [1.54, 1.807) is 23.1 Å². The van der Waals surface area contributed by atoms with Crippen molar-refractivity contribution in [3.8, 4) is 17.6 Å². The number of thioether (sulfide) groups is 2. The van der Waals surface area contributed by atoms with Crippen molar-refractivity contribution in [1.29, 1.82) is 5.26 Å². The lowest BCUT2D eigenvalue weighted by Crippen LogP contribution is -2.46. The van der Waals surface area contributed by atoms with Crippen LogP contribution in [-0.4, -0.2) is 37.5 Å². The number of halogens is 2. The number of para-hydroxylation sites is 1. The maximum absolute atomic E-state index is 13.1. The summed E-state index contributed by atoms with van der Waals surface area (Å²) in [5, 5.41) is 15.8. The summed E-state index contributed by atoms with van der Waals surface area (Å²) >= 11 is 1.46. The molecule has 0 saturated carbocycles. The van der Waals surface area contributed by atoms with Gasteiger partial charge in [-0.25, -0.2) is 0 Å². The normalized spacial score (nSPS) is 14.9. The molecule has 40 heavy (non-hydrogen) atoms. The minimum atomic E-state index is -2.54. The van der Waals surface area contributed by atoms with Crippen LogP contribution in [0.25, 0.3) is 0 Å². The zero-order valence-corrected chi connectivity index (χ0v) is 23.0. The number of ether oxygens (including phenoxy) is 2. The van der Waals surface area contributed by atoms with Gasteiger partial charge in [-0.15, -0.1) is 0 Å². The second-order valence-corrected chi connectivity index (χ2v) is 10.3. The molecule has 2 amide bonds. The van der Waals surface area contributed by atoms with Gasteiger partial charge in [-0.1, -0.05) is 47.8 Å². The van der Waals surface area contributed by atoms with Gasteiger partial charge in [0.15, 0.2) is 11.5 Å². The van der Waals surface area contributed by atoms with Gasteiger partial charge in [0.25, 0.3) is 11.7 Å². The minimum absolute atomic E-state index is 0.122. The Balaban J connectivity index is 1.63. The van der Waals surface area contributed by atoms with Gasteiger partial charge in [0, 0.05) is 16.3 Å². The second-order valence-electron chi connectivity index (χ2n) is 8.23. The van der Waals surface area contributed by atoms with Crippen LogP contribution >= 0.6 is 23.5 Å². The van der Waals surface area contributed by atoms with Crippen molar-refractivity contribution >= 4 is 46.7 Å². The Hall–Kier alpha value is -4.21. The molecule has 2 N–H and O–H groups in total. The lowest BCUT2D eigenvalue weighted by Gasteiger charge is -2.39. The Morgan fingerprint density at radius 1 is 1.07 bits per heavy atom. The highest BCUT2D eigenvalue weighted by Gasteiger charge is 2.36. The smallest absolute Gasteiger partial charge is 0.288 e. The van der Waals surface area contributed by atoms with Gasteiger partial charge < -0.3 is 25.0 Å². The van der Waals surface area contributed by atoms with Gasteiger partial charge in [0.05, 0.1) is 20.0 Å². The van der Waals surface area contributed by atoms with Crippen LogP contribution in [0.2, 0.25) is 0 Å². The molecule has 1 atom stereocenters. The predicted octanol–water partition coefficient (Wildman–Crippen LogP) is 5.76. The fourth-order valence-electron chi connectivity index (χ4n) is 4.00. The van der Waals surface area contributed by atoms with Crippen molar-refractivity contribution in [3.05, 3.63) is 89.0 Å². The molecule has 206 valence electrons. The van der Waals surface area contributed by atoms with Crippen LogP contribution in [-0.2, 0) is 9.59 Å². The van der Waals surface area contributed by atoms with E-state index < -0.39 is 23.7 Å². The second kappa shape index (κ2) is 13.2. The molecule has 3 aromatic rings. The number of hydrogen-bond acceptors (Lipinski definition) is 8. The van der Waals surface area contributed by atoms with Crippen LogP contribution in [0.1, 0.15) is 11.7 Å². The van der Waals surface area contributed by atoms with E-state index in [2.05, 4.69) is 10.6 Å². The van der Waals surface area contributed by atoms with Gasteiger partial charge >= 0.3 is 0 Å². The molecule has 1 aliphatic rings. The third kappa shape index (κ3) is 6.67. The fraction of sp³-hybridized carbons (Fsp3) is 0.179. The highest BCUT2D eigenvalue weighted by atomic mass is 32.2. The Morgan fingerprint density at radius 3 is 2.40 bits per heavy atom. The van der Waals surface area contributed by atoms with E-state index >= 15 is 0 Å². The number of nitriles is 1. The topological polar surface area (TPSA) is 104 Å². The van der Waals surface area contributed by atoms with Crippen molar-refractivity contribution in [3.63, 3.8) is 0 Å². The third-order valence-corrected chi connectivity index (χ3v) is 7.56. The van der Waals surface area contributed by atoms with Crippen molar-refractivity contribution in [2.45, 2.75) is 16.8 Å². The Bertz CT molecular complexity index is 1450. The highest BCUT2D eigenvalue weighted by Crippen LogP contribution is 2.41. The number of carbonyl (C=O) groups excluding carboxylic acids is 2. The van der Waals surface area contributed by atoms with E-state index in [-0.39, 0.29) is 11.3 Å². The van der Waals surface area contributed by atoms with Crippen molar-refractivity contribution < 1.29 is 27.8 Å². The molecule has 0 saturated heterocycles. The molecule has 4 rings (SSSR count). The van der Waals surface area contributed by atoms with Crippen LogP contribution in [0.5, 0.6) is 11.5 Å². The van der Waals surface area contributed by atoms with Crippen molar-refractivity contribution in [1.82, 2.24) is 5.32 Å². The molecule has 12 heteroatoms. The lowest BCUT2D eigenvalue weighted by molar-refractivity contribution is -0.118. The number of benzene rings is 3. The van der Waals surface area contributed by atoms with Crippen LogP contribution in [0.4, 0.5) is 20.2 Å². The largest absolute Gasteiger partial charge is 0.493 e. The molecule has 0 radical (unpaired) electrons. The Morgan fingerprint density at radius 2 is 1.77 bits per heavy atom. The number of amides is 2. The van der Waals surface area contributed by atoms with Crippen LogP contribution in [0, 0.1) is 11.3 Å². The molecule has 8 nitrogen and oxygen atoms in total. The maximum atomic E-state index is 13.1. The lowest BCUT2D eigenvalue weighted by atomic mass is 10.1. The fourth-order valence-corrected chi connectivity index (χ4v) is 5.47. The summed E-state index contributed by atoms with van der Waals surface area (Å²) in [6, 6.07) is 22.4. The third-order valence-electron chi connectivity index (χ3n) is 5.76. The molecule has 0 spiro atoms. The monoisotopic (exact) mass is 582 g/mol. The SMILES string of the molecule is COc1ccc([C@H]2NC(=O)C(C#N)=C(SCC(=O)Nc3ccc(SC(F)F)cc3)N2c2ccccc2)cc1OC. The molecule has 3 aromatic carbocycles. The van der Waals surface area contributed by atoms with E-state index in [4.69, 9.17) is 9.47 Å². The zero-order valence-electron chi connectivity index (χ0n) is 21.4. The first kappa shape index (κ1) is 28.8. The first-order valence-electron chi connectivity index (χ1n) is 11.8. The van der Waals surface area contributed by atoms with Crippen LogP contribution in [0.15, 0.2) is 88.3 Å². The summed E-state index contributed by atoms with van der Waals surface area (Å²) in [5.74, 6) is -2.66. The minimum Gasteiger partial charge on any atom is -0.493 e. The van der Waals surface area contributed by atoms with Gasteiger partial charge in [0.1, 0.15) is 22.8 Å². The first-order valence-corrected chi connectivity index (χ1v) is 13.7. The number of hydrogen-bond donors (Lipinski definition) is 2. The molecular weight excluding hydrogens is 558 g/mol. The summed E-state index contributed by atoms with van der Waals surface area (Å²) in [6.45, 7) is 0. The van der Waals surface area contributed by atoms with Crippen LogP contribution in [0.3, 0.4) is 0 Å².